The van der Waals surface area contributed by atoms with Crippen molar-refractivity contribution < 1.29 is 25.0 Å². The van der Waals surface area contributed by atoms with Gasteiger partial charge < -0.3 is 20.4 Å². The first kappa shape index (κ1) is 15.9. The molecule has 0 aliphatic rings. The van der Waals surface area contributed by atoms with Gasteiger partial charge in [0.1, 0.15) is 0 Å². The Hall–Kier alpha value is 1.64. The van der Waals surface area contributed by atoms with Crippen LogP contribution in [0.3, 0.4) is 0 Å². The molecule has 40 valence electrons. The Balaban J connectivity index is -0.00000000533. The van der Waals surface area contributed by atoms with Crippen LogP contribution in [0.2, 0.25) is 0 Å². The van der Waals surface area contributed by atoms with Gasteiger partial charge in [0.15, 0.2) is 0 Å². The average Bonchev–Trinajstić information content (AvgIpc) is 0.722. The van der Waals surface area contributed by atoms with Crippen LogP contribution in [0.15, 0.2) is 0 Å². The van der Waals surface area contributed by atoms with Gasteiger partial charge in [0.05, 0.1) is 0 Å². The average molecular weight is 151 g/mol. The molecule has 0 atom stereocenters. The third-order valence-electron chi connectivity index (χ3n) is 0. The van der Waals surface area contributed by atoms with Gasteiger partial charge in [0, 0.05) is 0 Å². The van der Waals surface area contributed by atoms with E-state index in [1.807, 2.05) is 0 Å². The van der Waals surface area contributed by atoms with E-state index in [1.165, 1.54) is 0 Å². The molecule has 0 fully saturated rings. The topological polar surface area (TPSA) is 77.8 Å². The molecule has 0 saturated heterocycles. The standard InChI is InChI=1S/2Mg.H3O4P.4H/c;;1-5(2,3)4;;;;/h;;(H3,1,2,3,4);;;;/q2*+2;;4*-1. The summed E-state index contributed by atoms with van der Waals surface area (Å²) in [5.74, 6) is 0. The molecule has 0 saturated carbocycles. The van der Waals surface area contributed by atoms with Crippen LogP contribution in [-0.2, 0) is 4.57 Å². The summed E-state index contributed by atoms with van der Waals surface area (Å²) in [6.07, 6.45) is 0. The third kappa shape index (κ3) is 90.2. The van der Waals surface area contributed by atoms with Gasteiger partial charge in [-0.05, 0) is 0 Å². The van der Waals surface area contributed by atoms with Crippen LogP contribution in [0.4, 0.5) is 0 Å². The van der Waals surface area contributed by atoms with Crippen LogP contribution in [0.25, 0.3) is 0 Å². The van der Waals surface area contributed by atoms with Gasteiger partial charge >= 0.3 is 53.9 Å². The van der Waals surface area contributed by atoms with Crippen molar-refractivity contribution in [1.82, 2.24) is 0 Å². The minimum atomic E-state index is -4.64. The molecule has 3 N–H and O–H groups in total. The zero-order valence-electron chi connectivity index (χ0n) is 7.61. The monoisotopic (exact) mass is 150 g/mol. The molecule has 0 aromatic carbocycles. The minimum Gasteiger partial charge on any atom is -1.00 e. The summed E-state index contributed by atoms with van der Waals surface area (Å²) in [6, 6.07) is 0. The maximum Gasteiger partial charge on any atom is 2.00 e. The summed E-state index contributed by atoms with van der Waals surface area (Å²) in [6.45, 7) is 0. The molecule has 0 aliphatic carbocycles. The zero-order valence-corrected chi connectivity index (χ0v) is 7.33. The fourth-order valence-corrected chi connectivity index (χ4v) is 0. The van der Waals surface area contributed by atoms with Crippen LogP contribution < -0.4 is 0 Å². The smallest absolute Gasteiger partial charge is 1.00 e. The third-order valence-corrected chi connectivity index (χ3v) is 0. The van der Waals surface area contributed by atoms with Crippen LogP contribution in [-0.4, -0.2) is 60.8 Å². The molecule has 4 nitrogen and oxygen atoms in total. The molecular formula is H7Mg2O4P. The summed E-state index contributed by atoms with van der Waals surface area (Å²) >= 11 is 0. The molecule has 0 bridgehead atoms. The number of hydrogen-bond acceptors (Lipinski definition) is 1. The second-order valence-corrected chi connectivity index (χ2v) is 1.54. The summed E-state index contributed by atoms with van der Waals surface area (Å²) in [5, 5.41) is 0. The van der Waals surface area contributed by atoms with E-state index in [-0.39, 0.29) is 51.8 Å². The fourth-order valence-electron chi connectivity index (χ4n) is 0. The molecule has 0 aromatic heterocycles. The van der Waals surface area contributed by atoms with E-state index in [4.69, 9.17) is 19.2 Å². The summed E-state index contributed by atoms with van der Waals surface area (Å²) in [5.41, 5.74) is 0. The Labute approximate surface area is 78.8 Å². The second-order valence-electron chi connectivity index (χ2n) is 0.513. The van der Waals surface area contributed by atoms with Crippen LogP contribution >= 0.6 is 7.82 Å². The maximum absolute atomic E-state index is 8.88. The molecule has 7 heavy (non-hydrogen) atoms. The number of hydrogen-bond donors (Lipinski definition) is 3. The van der Waals surface area contributed by atoms with E-state index in [2.05, 4.69) is 0 Å². The molecule has 0 spiro atoms. The zero-order chi connectivity index (χ0) is 4.50. The first-order valence-corrected chi connectivity index (χ1v) is 2.35. The Morgan fingerprint density at radius 2 is 1.14 bits per heavy atom. The molecular weight excluding hydrogens is 144 g/mol. The molecule has 0 rings (SSSR count). The molecule has 0 aromatic rings. The van der Waals surface area contributed by atoms with Gasteiger partial charge in [-0.25, -0.2) is 4.57 Å². The fraction of sp³-hybridized carbons (Fsp3) is 0. The maximum atomic E-state index is 8.88. The van der Waals surface area contributed by atoms with Gasteiger partial charge in [-0.15, -0.1) is 0 Å². The number of rotatable bonds is 0. The van der Waals surface area contributed by atoms with Crippen LogP contribution in [0, 0.1) is 0 Å². The van der Waals surface area contributed by atoms with E-state index >= 15 is 0 Å². The SMILES string of the molecule is O=P(O)(O)O.[H-].[H-].[H-].[H-].[Mg+2].[Mg+2]. The first-order valence-electron chi connectivity index (χ1n) is 0.783. The van der Waals surface area contributed by atoms with Crippen molar-refractivity contribution >= 4 is 53.9 Å². The van der Waals surface area contributed by atoms with E-state index < -0.39 is 7.82 Å². The predicted molar refractivity (Wildman–Crippen MR) is 30.2 cm³/mol. The van der Waals surface area contributed by atoms with Crippen molar-refractivity contribution in [2.75, 3.05) is 0 Å². The largest absolute Gasteiger partial charge is 2.00 e. The van der Waals surface area contributed by atoms with Crippen LogP contribution in [0.5, 0.6) is 0 Å². The second kappa shape index (κ2) is 5.77. The first-order chi connectivity index (χ1) is 2.00. The van der Waals surface area contributed by atoms with E-state index in [0.29, 0.717) is 0 Å². The molecule has 0 aliphatic heterocycles. The predicted octanol–water partition coefficient (Wildman–Crippen LogP) is -1.24. The Morgan fingerprint density at radius 3 is 1.14 bits per heavy atom. The molecule has 7 heteroatoms. The van der Waals surface area contributed by atoms with Crippen LogP contribution in [0.1, 0.15) is 5.71 Å². The van der Waals surface area contributed by atoms with E-state index in [9.17, 15) is 0 Å². The van der Waals surface area contributed by atoms with Gasteiger partial charge in [-0.3, -0.25) is 0 Å². The summed E-state index contributed by atoms with van der Waals surface area (Å²) in [4.78, 5) is 21.6. The van der Waals surface area contributed by atoms with Gasteiger partial charge in [0.25, 0.3) is 0 Å². The Bertz CT molecular complexity index is 66.2. The van der Waals surface area contributed by atoms with Crippen molar-refractivity contribution in [1.29, 1.82) is 0 Å². The number of phosphoric acid groups is 1. The minimum absolute atomic E-state index is 0. The Morgan fingerprint density at radius 1 is 1.14 bits per heavy atom. The van der Waals surface area contributed by atoms with Gasteiger partial charge in [-0.1, -0.05) is 0 Å². The molecule has 0 unspecified atom stereocenters. The Kier molecular flexibility index (Phi) is 13.1. The van der Waals surface area contributed by atoms with Gasteiger partial charge in [-0.2, -0.15) is 0 Å². The van der Waals surface area contributed by atoms with Crippen molar-refractivity contribution in [2.24, 2.45) is 0 Å². The molecule has 0 heterocycles. The van der Waals surface area contributed by atoms with Crippen molar-refractivity contribution in [3.63, 3.8) is 0 Å². The summed E-state index contributed by atoms with van der Waals surface area (Å²) < 4.78 is 8.88. The quantitative estimate of drug-likeness (QED) is 0.298. The molecule has 0 amide bonds. The van der Waals surface area contributed by atoms with Crippen molar-refractivity contribution in [3.05, 3.63) is 0 Å². The van der Waals surface area contributed by atoms with Crippen molar-refractivity contribution in [2.45, 2.75) is 0 Å². The van der Waals surface area contributed by atoms with E-state index in [0.717, 1.165) is 0 Å². The van der Waals surface area contributed by atoms with Crippen molar-refractivity contribution in [3.8, 4) is 0 Å². The molecule has 0 radical (unpaired) electrons. The summed E-state index contributed by atoms with van der Waals surface area (Å²) in [7, 11) is -4.64. The van der Waals surface area contributed by atoms with E-state index in [1.54, 1.807) is 0 Å². The normalized spacial score (nSPS) is 8.43. The van der Waals surface area contributed by atoms with Gasteiger partial charge in [0.2, 0.25) is 0 Å².